The molecule has 22 heavy (non-hydrogen) atoms. The number of aryl methyl sites for hydroxylation is 2. The maximum atomic E-state index is 6.21. The van der Waals surface area contributed by atoms with Crippen LogP contribution in [0.15, 0.2) is 42.5 Å². The molecule has 2 aromatic carbocycles. The van der Waals surface area contributed by atoms with Crippen LogP contribution >= 0.6 is 0 Å². The molecular weight excluding hydrogens is 270 g/mol. The molecule has 0 radical (unpaired) electrons. The molecule has 2 aliphatic heterocycles. The van der Waals surface area contributed by atoms with Crippen molar-refractivity contribution in [3.63, 3.8) is 0 Å². The zero-order valence-electron chi connectivity index (χ0n) is 13.3. The Hall–Kier alpha value is -1.80. The molecule has 0 spiro atoms. The van der Waals surface area contributed by atoms with Gasteiger partial charge in [-0.25, -0.2) is 0 Å². The van der Waals surface area contributed by atoms with Gasteiger partial charge < -0.3 is 10.1 Å². The lowest BCUT2D eigenvalue weighted by molar-refractivity contribution is -0.0381. The second-order valence-electron chi connectivity index (χ2n) is 6.65. The highest BCUT2D eigenvalue weighted by Gasteiger charge is 2.39. The van der Waals surface area contributed by atoms with Crippen LogP contribution in [0.2, 0.25) is 0 Å². The first-order valence-electron chi connectivity index (χ1n) is 8.28. The number of rotatable bonds is 1. The molecule has 0 aromatic heterocycles. The zero-order valence-corrected chi connectivity index (χ0v) is 13.3. The van der Waals surface area contributed by atoms with Crippen LogP contribution < -0.4 is 5.32 Å². The predicted octanol–water partition coefficient (Wildman–Crippen LogP) is 4.94. The van der Waals surface area contributed by atoms with Crippen LogP contribution in [0.4, 0.5) is 5.69 Å². The smallest absolute Gasteiger partial charge is 0.0895 e. The highest BCUT2D eigenvalue weighted by molar-refractivity contribution is 5.60. The Morgan fingerprint density at radius 1 is 1.05 bits per heavy atom. The standard InChI is InChI=1S/C20H23NO/c1-13-11-17-18(12-14(13)2)21-19(15-7-4-3-5-8-15)16-9-6-10-22-20(16)17/h3-5,7-8,11-12,16,19-21H,6,9-10H2,1-2H3/t16-,19-,20-/m0/s1. The first kappa shape index (κ1) is 13.8. The van der Waals surface area contributed by atoms with E-state index in [4.69, 9.17) is 4.74 Å². The lowest BCUT2D eigenvalue weighted by Gasteiger charge is -2.43. The topological polar surface area (TPSA) is 21.3 Å². The van der Waals surface area contributed by atoms with E-state index in [2.05, 4.69) is 61.6 Å². The van der Waals surface area contributed by atoms with Crippen molar-refractivity contribution in [2.75, 3.05) is 11.9 Å². The Bertz CT molecular complexity index is 680. The van der Waals surface area contributed by atoms with Crippen LogP contribution in [0, 0.1) is 19.8 Å². The molecule has 0 saturated carbocycles. The van der Waals surface area contributed by atoms with Crippen molar-refractivity contribution >= 4 is 5.69 Å². The average molecular weight is 293 g/mol. The largest absolute Gasteiger partial charge is 0.378 e. The second kappa shape index (κ2) is 5.44. The molecule has 2 heterocycles. The van der Waals surface area contributed by atoms with E-state index in [0.717, 1.165) is 13.0 Å². The summed E-state index contributed by atoms with van der Waals surface area (Å²) in [5.41, 5.74) is 6.66. The van der Waals surface area contributed by atoms with Crippen LogP contribution in [0.1, 0.15) is 47.2 Å². The van der Waals surface area contributed by atoms with Crippen molar-refractivity contribution in [1.82, 2.24) is 0 Å². The number of anilines is 1. The molecule has 2 nitrogen and oxygen atoms in total. The van der Waals surface area contributed by atoms with Crippen molar-refractivity contribution in [3.8, 4) is 0 Å². The fourth-order valence-electron chi connectivity index (χ4n) is 3.93. The van der Waals surface area contributed by atoms with Gasteiger partial charge >= 0.3 is 0 Å². The molecule has 4 rings (SSSR count). The molecule has 1 saturated heterocycles. The van der Waals surface area contributed by atoms with Crippen molar-refractivity contribution < 1.29 is 4.74 Å². The first-order chi connectivity index (χ1) is 10.7. The molecule has 1 fully saturated rings. The van der Waals surface area contributed by atoms with E-state index in [1.165, 1.54) is 34.4 Å². The van der Waals surface area contributed by atoms with Gasteiger partial charge in [0.05, 0.1) is 12.1 Å². The lowest BCUT2D eigenvalue weighted by atomic mass is 9.77. The van der Waals surface area contributed by atoms with Gasteiger partial charge in [0.25, 0.3) is 0 Å². The maximum Gasteiger partial charge on any atom is 0.0895 e. The Balaban J connectivity index is 1.81. The summed E-state index contributed by atoms with van der Waals surface area (Å²) in [5.74, 6) is 0.519. The summed E-state index contributed by atoms with van der Waals surface area (Å²) in [7, 11) is 0. The van der Waals surface area contributed by atoms with Gasteiger partial charge in [0.1, 0.15) is 0 Å². The third-order valence-corrected chi connectivity index (χ3v) is 5.24. The highest BCUT2D eigenvalue weighted by Crippen LogP contribution is 2.49. The van der Waals surface area contributed by atoms with Crippen LogP contribution in [0.3, 0.4) is 0 Å². The normalized spacial score (nSPS) is 26.7. The van der Waals surface area contributed by atoms with Gasteiger partial charge in [-0.2, -0.15) is 0 Å². The third-order valence-electron chi connectivity index (χ3n) is 5.24. The van der Waals surface area contributed by atoms with Gasteiger partial charge in [0, 0.05) is 23.8 Å². The fraction of sp³-hybridized carbons (Fsp3) is 0.400. The monoisotopic (exact) mass is 293 g/mol. The summed E-state index contributed by atoms with van der Waals surface area (Å²) in [6.07, 6.45) is 2.62. The summed E-state index contributed by atoms with van der Waals surface area (Å²) in [5, 5.41) is 3.80. The molecule has 114 valence electrons. The number of hydrogen-bond donors (Lipinski definition) is 1. The van der Waals surface area contributed by atoms with Gasteiger partial charge in [-0.05, 0) is 49.4 Å². The lowest BCUT2D eigenvalue weighted by Crippen LogP contribution is -2.36. The summed E-state index contributed by atoms with van der Waals surface area (Å²) < 4.78 is 6.21. The van der Waals surface area contributed by atoms with Crippen LogP contribution in [0.25, 0.3) is 0 Å². The van der Waals surface area contributed by atoms with Crippen molar-refractivity contribution in [3.05, 3.63) is 64.7 Å². The molecule has 2 heteroatoms. The third kappa shape index (κ3) is 2.22. The second-order valence-corrected chi connectivity index (χ2v) is 6.65. The van der Waals surface area contributed by atoms with Gasteiger partial charge in [-0.1, -0.05) is 36.4 Å². The minimum absolute atomic E-state index is 0.231. The number of ether oxygens (including phenoxy) is 1. The summed E-state index contributed by atoms with van der Waals surface area (Å²) >= 11 is 0. The van der Waals surface area contributed by atoms with E-state index in [1.54, 1.807) is 0 Å². The van der Waals surface area contributed by atoms with Crippen molar-refractivity contribution in [2.45, 2.75) is 38.8 Å². The Morgan fingerprint density at radius 2 is 1.82 bits per heavy atom. The molecule has 2 aliphatic rings. The molecule has 0 aliphatic carbocycles. The molecule has 0 bridgehead atoms. The molecular formula is C20H23NO. The quantitative estimate of drug-likeness (QED) is 0.804. The Morgan fingerprint density at radius 3 is 2.64 bits per heavy atom. The minimum atomic E-state index is 0.231. The van der Waals surface area contributed by atoms with Crippen LogP contribution in [-0.2, 0) is 4.74 Å². The van der Waals surface area contributed by atoms with E-state index in [0.29, 0.717) is 12.0 Å². The SMILES string of the molecule is Cc1cc2c(cc1C)[C@H]1OCCC[C@H]1[C@H](c1ccccc1)N2. The number of benzene rings is 2. The van der Waals surface area contributed by atoms with Crippen LogP contribution in [-0.4, -0.2) is 6.61 Å². The summed E-state index contributed by atoms with van der Waals surface area (Å²) in [6.45, 7) is 5.26. The van der Waals surface area contributed by atoms with Gasteiger partial charge in [-0.3, -0.25) is 0 Å². The molecule has 3 atom stereocenters. The van der Waals surface area contributed by atoms with Gasteiger partial charge in [0.15, 0.2) is 0 Å². The van der Waals surface area contributed by atoms with Crippen LogP contribution in [0.5, 0.6) is 0 Å². The number of fused-ring (bicyclic) bond motifs is 3. The highest BCUT2D eigenvalue weighted by atomic mass is 16.5. The Kier molecular flexibility index (Phi) is 3.42. The zero-order chi connectivity index (χ0) is 15.1. The maximum absolute atomic E-state index is 6.21. The van der Waals surface area contributed by atoms with Crippen molar-refractivity contribution in [2.24, 2.45) is 5.92 Å². The van der Waals surface area contributed by atoms with Gasteiger partial charge in [0.2, 0.25) is 0 Å². The molecule has 0 unspecified atom stereocenters. The van der Waals surface area contributed by atoms with Gasteiger partial charge in [-0.15, -0.1) is 0 Å². The van der Waals surface area contributed by atoms with E-state index in [-0.39, 0.29) is 6.10 Å². The fourth-order valence-corrected chi connectivity index (χ4v) is 3.93. The van der Waals surface area contributed by atoms with E-state index in [9.17, 15) is 0 Å². The first-order valence-corrected chi connectivity index (χ1v) is 8.28. The minimum Gasteiger partial charge on any atom is -0.378 e. The van der Waals surface area contributed by atoms with E-state index in [1.807, 2.05) is 0 Å². The van der Waals surface area contributed by atoms with Crippen molar-refractivity contribution in [1.29, 1.82) is 0 Å². The molecule has 1 N–H and O–H groups in total. The molecule has 0 amide bonds. The Labute approximate surface area is 132 Å². The summed E-state index contributed by atoms with van der Waals surface area (Å²) in [4.78, 5) is 0. The van der Waals surface area contributed by atoms with E-state index < -0.39 is 0 Å². The average Bonchev–Trinajstić information content (AvgIpc) is 2.56. The summed E-state index contributed by atoms with van der Waals surface area (Å²) in [6, 6.07) is 15.8. The number of hydrogen-bond acceptors (Lipinski definition) is 2. The number of nitrogens with one attached hydrogen (secondary N) is 1. The van der Waals surface area contributed by atoms with E-state index >= 15 is 0 Å². The predicted molar refractivity (Wildman–Crippen MR) is 90.1 cm³/mol. The molecule has 2 aromatic rings.